The SMILES string of the molecule is Cc1noc(C)c1-c1cc(O)c(Nc2ccccc2C(=O)O)c(O)c1. The Bertz CT molecular complexity index is 919. The quantitative estimate of drug-likeness (QED) is 0.534. The van der Waals surface area contributed by atoms with Crippen molar-refractivity contribution in [3.63, 3.8) is 0 Å². The number of hydrogen-bond donors (Lipinski definition) is 4. The zero-order valence-electron chi connectivity index (χ0n) is 13.6. The van der Waals surface area contributed by atoms with Crippen LogP contribution in [0.2, 0.25) is 0 Å². The summed E-state index contributed by atoms with van der Waals surface area (Å²) in [5, 5.41) is 36.5. The average Bonchev–Trinajstić information content (AvgIpc) is 2.89. The number of nitrogens with zero attached hydrogens (tertiary/aromatic N) is 1. The standard InChI is InChI=1S/C18H16N2O5/c1-9-16(10(2)25-20-9)11-7-14(21)17(15(22)8-11)19-13-6-4-3-5-12(13)18(23)24/h3-8,19,21-22H,1-2H3,(H,23,24). The molecule has 4 N–H and O–H groups in total. The van der Waals surface area contributed by atoms with Crippen LogP contribution in [-0.4, -0.2) is 26.4 Å². The summed E-state index contributed by atoms with van der Waals surface area (Å²) in [6.45, 7) is 3.49. The van der Waals surface area contributed by atoms with E-state index < -0.39 is 5.97 Å². The van der Waals surface area contributed by atoms with Crippen molar-refractivity contribution in [2.45, 2.75) is 13.8 Å². The Balaban J connectivity index is 2.04. The second kappa shape index (κ2) is 6.20. The molecule has 0 bridgehead atoms. The van der Waals surface area contributed by atoms with E-state index >= 15 is 0 Å². The van der Waals surface area contributed by atoms with E-state index in [-0.39, 0.29) is 28.4 Å². The third-order valence-corrected chi connectivity index (χ3v) is 3.84. The largest absolute Gasteiger partial charge is 0.506 e. The number of aromatic hydroxyl groups is 2. The third kappa shape index (κ3) is 2.99. The number of phenols is 2. The highest BCUT2D eigenvalue weighted by Crippen LogP contribution is 2.41. The van der Waals surface area contributed by atoms with Crippen LogP contribution >= 0.6 is 0 Å². The lowest BCUT2D eigenvalue weighted by Gasteiger charge is -2.14. The second-order valence-electron chi connectivity index (χ2n) is 5.56. The van der Waals surface area contributed by atoms with E-state index in [4.69, 9.17) is 4.52 Å². The van der Waals surface area contributed by atoms with E-state index in [0.29, 0.717) is 22.6 Å². The van der Waals surface area contributed by atoms with Crippen LogP contribution in [0.25, 0.3) is 11.1 Å². The molecule has 0 radical (unpaired) electrons. The first-order valence-corrected chi connectivity index (χ1v) is 7.47. The zero-order chi connectivity index (χ0) is 18.1. The summed E-state index contributed by atoms with van der Waals surface area (Å²) in [7, 11) is 0. The Morgan fingerprint density at radius 3 is 2.32 bits per heavy atom. The minimum atomic E-state index is -1.12. The lowest BCUT2D eigenvalue weighted by molar-refractivity contribution is 0.0698. The molecular weight excluding hydrogens is 324 g/mol. The Kier molecular flexibility index (Phi) is 4.06. The highest BCUT2D eigenvalue weighted by molar-refractivity contribution is 5.96. The van der Waals surface area contributed by atoms with Gasteiger partial charge in [0.2, 0.25) is 0 Å². The van der Waals surface area contributed by atoms with Gasteiger partial charge in [-0.1, -0.05) is 17.3 Å². The van der Waals surface area contributed by atoms with E-state index in [0.717, 1.165) is 0 Å². The molecule has 0 atom stereocenters. The number of aromatic carboxylic acids is 1. The Hall–Kier alpha value is -3.48. The molecule has 0 spiro atoms. The molecule has 3 aromatic rings. The van der Waals surface area contributed by atoms with E-state index in [1.54, 1.807) is 32.0 Å². The molecule has 7 heteroatoms. The summed E-state index contributed by atoms with van der Waals surface area (Å²) < 4.78 is 5.10. The maximum Gasteiger partial charge on any atom is 0.337 e. The summed E-state index contributed by atoms with van der Waals surface area (Å²) in [6.07, 6.45) is 0. The smallest absolute Gasteiger partial charge is 0.337 e. The number of carboxylic acids is 1. The van der Waals surface area contributed by atoms with E-state index in [2.05, 4.69) is 10.5 Å². The number of aromatic nitrogens is 1. The first-order chi connectivity index (χ1) is 11.9. The lowest BCUT2D eigenvalue weighted by Crippen LogP contribution is -2.02. The molecule has 1 aromatic heterocycles. The van der Waals surface area contributed by atoms with Crippen LogP contribution in [0.15, 0.2) is 40.9 Å². The van der Waals surface area contributed by atoms with Gasteiger partial charge in [0.05, 0.1) is 16.9 Å². The molecule has 25 heavy (non-hydrogen) atoms. The van der Waals surface area contributed by atoms with Crippen molar-refractivity contribution in [1.29, 1.82) is 0 Å². The van der Waals surface area contributed by atoms with Gasteiger partial charge in [-0.25, -0.2) is 4.79 Å². The first-order valence-electron chi connectivity index (χ1n) is 7.47. The number of nitrogens with one attached hydrogen (secondary N) is 1. The summed E-state index contributed by atoms with van der Waals surface area (Å²) in [4.78, 5) is 11.3. The van der Waals surface area contributed by atoms with Crippen molar-refractivity contribution >= 4 is 17.3 Å². The molecule has 3 rings (SSSR count). The fraction of sp³-hybridized carbons (Fsp3) is 0.111. The summed E-state index contributed by atoms with van der Waals surface area (Å²) in [5.41, 5.74) is 2.16. The number of phenolic OH excluding ortho intramolecular Hbond substituents is 2. The lowest BCUT2D eigenvalue weighted by atomic mass is 10.0. The minimum absolute atomic E-state index is 0.0178. The fourth-order valence-electron chi connectivity index (χ4n) is 2.69. The zero-order valence-corrected chi connectivity index (χ0v) is 13.6. The number of carboxylic acid groups (broad SMARTS) is 1. The first kappa shape index (κ1) is 16.4. The van der Waals surface area contributed by atoms with Gasteiger partial charge in [-0.15, -0.1) is 0 Å². The van der Waals surface area contributed by atoms with Crippen molar-refractivity contribution in [3.8, 4) is 22.6 Å². The molecule has 0 fully saturated rings. The normalized spacial score (nSPS) is 10.6. The van der Waals surface area contributed by atoms with Gasteiger partial charge >= 0.3 is 5.97 Å². The Morgan fingerprint density at radius 1 is 1.12 bits per heavy atom. The molecule has 0 aliphatic carbocycles. The van der Waals surface area contributed by atoms with Crippen molar-refractivity contribution in [2.75, 3.05) is 5.32 Å². The molecule has 0 aliphatic rings. The van der Waals surface area contributed by atoms with Crippen molar-refractivity contribution in [2.24, 2.45) is 0 Å². The van der Waals surface area contributed by atoms with Crippen LogP contribution in [-0.2, 0) is 0 Å². The van der Waals surface area contributed by atoms with Crippen molar-refractivity contribution < 1.29 is 24.6 Å². The van der Waals surface area contributed by atoms with Gasteiger partial charge in [-0.3, -0.25) is 0 Å². The minimum Gasteiger partial charge on any atom is -0.506 e. The molecule has 0 aliphatic heterocycles. The van der Waals surface area contributed by atoms with Crippen LogP contribution in [0.5, 0.6) is 11.5 Å². The van der Waals surface area contributed by atoms with E-state index in [1.807, 2.05) is 0 Å². The molecule has 7 nitrogen and oxygen atoms in total. The maximum absolute atomic E-state index is 11.3. The van der Waals surface area contributed by atoms with Gasteiger partial charge in [0, 0.05) is 5.56 Å². The van der Waals surface area contributed by atoms with Crippen molar-refractivity contribution in [3.05, 3.63) is 53.4 Å². The number of para-hydroxylation sites is 1. The molecule has 0 amide bonds. The molecular formula is C18H16N2O5. The van der Waals surface area contributed by atoms with Gasteiger partial charge in [-0.05, 0) is 43.7 Å². The number of anilines is 2. The third-order valence-electron chi connectivity index (χ3n) is 3.84. The predicted molar refractivity (Wildman–Crippen MR) is 91.4 cm³/mol. The molecule has 2 aromatic carbocycles. The average molecular weight is 340 g/mol. The fourth-order valence-corrected chi connectivity index (χ4v) is 2.69. The maximum atomic E-state index is 11.3. The topological polar surface area (TPSA) is 116 Å². The van der Waals surface area contributed by atoms with Crippen LogP contribution in [0.1, 0.15) is 21.8 Å². The molecule has 0 saturated carbocycles. The number of rotatable bonds is 4. The summed E-state index contributed by atoms with van der Waals surface area (Å²) in [6, 6.07) is 9.13. The molecule has 0 unspecified atom stereocenters. The number of benzene rings is 2. The summed E-state index contributed by atoms with van der Waals surface area (Å²) in [5.74, 6) is -1.01. The Labute approximate surface area is 143 Å². The van der Waals surface area contributed by atoms with Crippen LogP contribution < -0.4 is 5.32 Å². The van der Waals surface area contributed by atoms with Crippen molar-refractivity contribution in [1.82, 2.24) is 5.16 Å². The van der Waals surface area contributed by atoms with Gasteiger partial charge in [0.15, 0.2) is 0 Å². The van der Waals surface area contributed by atoms with Gasteiger partial charge < -0.3 is 25.2 Å². The van der Waals surface area contributed by atoms with Crippen LogP contribution in [0, 0.1) is 13.8 Å². The molecule has 1 heterocycles. The highest BCUT2D eigenvalue weighted by Gasteiger charge is 2.18. The highest BCUT2D eigenvalue weighted by atomic mass is 16.5. The monoisotopic (exact) mass is 340 g/mol. The van der Waals surface area contributed by atoms with E-state index in [1.165, 1.54) is 18.2 Å². The Morgan fingerprint density at radius 2 is 1.76 bits per heavy atom. The number of carbonyl (C=O) groups is 1. The van der Waals surface area contributed by atoms with Crippen LogP contribution in [0.4, 0.5) is 11.4 Å². The molecule has 0 saturated heterocycles. The summed E-state index contributed by atoms with van der Waals surface area (Å²) >= 11 is 0. The number of hydrogen-bond acceptors (Lipinski definition) is 6. The predicted octanol–water partition coefficient (Wildman–Crippen LogP) is 3.81. The van der Waals surface area contributed by atoms with Gasteiger partial charge in [0.1, 0.15) is 22.9 Å². The van der Waals surface area contributed by atoms with Crippen LogP contribution in [0.3, 0.4) is 0 Å². The molecule has 128 valence electrons. The van der Waals surface area contributed by atoms with E-state index in [9.17, 15) is 20.1 Å². The van der Waals surface area contributed by atoms with Gasteiger partial charge in [0.25, 0.3) is 0 Å². The van der Waals surface area contributed by atoms with Gasteiger partial charge in [-0.2, -0.15) is 0 Å². The second-order valence-corrected chi connectivity index (χ2v) is 5.56. The number of aryl methyl sites for hydroxylation is 2.